The third-order valence-corrected chi connectivity index (χ3v) is 11.8. The lowest BCUT2D eigenvalue weighted by Gasteiger charge is -2.74. The van der Waals surface area contributed by atoms with Gasteiger partial charge in [0.2, 0.25) is 0 Å². The number of benzene rings is 1. The van der Waals surface area contributed by atoms with Gasteiger partial charge in [-0.3, -0.25) is 4.90 Å². The van der Waals surface area contributed by atoms with Gasteiger partial charge in [0, 0.05) is 47.6 Å². The van der Waals surface area contributed by atoms with Crippen LogP contribution in [0.3, 0.4) is 0 Å². The third kappa shape index (κ3) is 2.78. The normalized spacial score (nSPS) is 38.3. The minimum Gasteiger partial charge on any atom is -0.493 e. The van der Waals surface area contributed by atoms with Gasteiger partial charge in [-0.1, -0.05) is 11.2 Å². The van der Waals surface area contributed by atoms with Crippen molar-refractivity contribution in [2.75, 3.05) is 33.9 Å². The Hall–Kier alpha value is -2.09. The predicted molar refractivity (Wildman–Crippen MR) is 141 cm³/mol. The van der Waals surface area contributed by atoms with E-state index in [1.54, 1.807) is 7.11 Å². The maximum Gasteiger partial charge on any atom is 0.165 e. The monoisotopic (exact) mass is 520 g/mol. The van der Waals surface area contributed by atoms with Crippen LogP contribution in [0.5, 0.6) is 11.5 Å². The lowest BCUT2D eigenvalue weighted by Crippen LogP contribution is -2.81. The number of methoxy groups -OCH3 is 2. The molecule has 5 fully saturated rings. The molecule has 2 aromatic rings. The molecule has 1 saturated heterocycles. The van der Waals surface area contributed by atoms with Crippen LogP contribution in [0.4, 0.5) is 0 Å². The summed E-state index contributed by atoms with van der Waals surface area (Å²) in [6, 6.07) is 5.01. The first-order chi connectivity index (χ1) is 18.5. The molecule has 0 amide bonds. The van der Waals surface area contributed by atoms with E-state index in [0.717, 1.165) is 66.7 Å². The first-order valence-corrected chi connectivity index (χ1v) is 14.6. The van der Waals surface area contributed by atoms with Crippen LogP contribution in [0.15, 0.2) is 16.7 Å². The van der Waals surface area contributed by atoms with E-state index in [0.29, 0.717) is 19.3 Å². The highest BCUT2D eigenvalue weighted by Gasteiger charge is 2.80. The van der Waals surface area contributed by atoms with Crippen LogP contribution in [0.2, 0.25) is 0 Å². The zero-order chi connectivity index (χ0) is 25.9. The van der Waals surface area contributed by atoms with Crippen LogP contribution in [0, 0.1) is 31.1 Å². The summed E-state index contributed by atoms with van der Waals surface area (Å²) in [6.07, 6.45) is 8.40. The van der Waals surface area contributed by atoms with Gasteiger partial charge in [-0.05, 0) is 82.9 Å². The number of piperidine rings is 1. The van der Waals surface area contributed by atoms with E-state index in [4.69, 9.17) is 23.5 Å². The van der Waals surface area contributed by atoms with E-state index in [2.05, 4.69) is 22.2 Å². The molecule has 1 unspecified atom stereocenters. The van der Waals surface area contributed by atoms with Gasteiger partial charge in [0.15, 0.2) is 11.5 Å². The summed E-state index contributed by atoms with van der Waals surface area (Å²) in [5.41, 5.74) is 4.70. The molecule has 2 spiro atoms. The van der Waals surface area contributed by atoms with Crippen molar-refractivity contribution < 1.29 is 23.5 Å². The van der Waals surface area contributed by atoms with E-state index in [1.165, 1.54) is 36.9 Å². The van der Waals surface area contributed by atoms with Crippen molar-refractivity contribution in [1.29, 1.82) is 0 Å². The van der Waals surface area contributed by atoms with Crippen molar-refractivity contribution >= 4 is 0 Å². The molecule has 5 aliphatic carbocycles. The van der Waals surface area contributed by atoms with Gasteiger partial charge in [-0.2, -0.15) is 0 Å². The Morgan fingerprint density at radius 3 is 2.74 bits per heavy atom. The number of fused-ring (bicyclic) bond motifs is 2. The fourth-order valence-electron chi connectivity index (χ4n) is 9.91. The van der Waals surface area contributed by atoms with Crippen molar-refractivity contribution in [3.63, 3.8) is 0 Å². The third-order valence-electron chi connectivity index (χ3n) is 11.8. The summed E-state index contributed by atoms with van der Waals surface area (Å²) in [7, 11) is 3.68. The molecule has 2 aliphatic heterocycles. The zero-order valence-electron chi connectivity index (χ0n) is 23.2. The smallest absolute Gasteiger partial charge is 0.165 e. The first kappa shape index (κ1) is 23.8. The van der Waals surface area contributed by atoms with E-state index >= 15 is 0 Å². The van der Waals surface area contributed by atoms with E-state index < -0.39 is 0 Å². The predicted octanol–water partition coefficient (Wildman–Crippen LogP) is 4.74. The molecular weight excluding hydrogens is 480 g/mol. The number of aromatic nitrogens is 1. The minimum atomic E-state index is -0.373. The summed E-state index contributed by atoms with van der Waals surface area (Å²) in [6.45, 7) is 7.55. The Labute approximate surface area is 225 Å². The van der Waals surface area contributed by atoms with Gasteiger partial charge < -0.3 is 23.5 Å². The van der Waals surface area contributed by atoms with Gasteiger partial charge in [-0.15, -0.1) is 0 Å². The highest BCUT2D eigenvalue weighted by molar-refractivity contribution is 5.63. The number of likely N-dealkylation sites (tertiary alicyclic amines) is 1. The molecule has 6 atom stereocenters. The van der Waals surface area contributed by atoms with Crippen LogP contribution in [-0.4, -0.2) is 61.7 Å². The lowest BCUT2D eigenvalue weighted by molar-refractivity contribution is -0.283. The van der Waals surface area contributed by atoms with Crippen LogP contribution in [0.25, 0.3) is 0 Å². The van der Waals surface area contributed by atoms with Crippen molar-refractivity contribution in [2.24, 2.45) is 17.3 Å². The van der Waals surface area contributed by atoms with E-state index in [1.807, 2.05) is 21.0 Å². The number of nitrogens with zero attached hydrogens (tertiary/aromatic N) is 2. The van der Waals surface area contributed by atoms with Gasteiger partial charge >= 0.3 is 0 Å². The molecule has 4 bridgehead atoms. The minimum absolute atomic E-state index is 0.00825. The summed E-state index contributed by atoms with van der Waals surface area (Å²) < 4.78 is 31.5. The molecule has 204 valence electrons. The Balaban J connectivity index is 1.22. The average molecular weight is 521 g/mol. The summed E-state index contributed by atoms with van der Waals surface area (Å²) in [4.78, 5) is 2.89. The van der Waals surface area contributed by atoms with Crippen LogP contribution in [0.1, 0.15) is 66.7 Å². The van der Waals surface area contributed by atoms with Crippen molar-refractivity contribution in [1.82, 2.24) is 10.1 Å². The molecule has 7 aliphatic rings. The second kappa shape index (κ2) is 7.98. The highest BCUT2D eigenvalue weighted by atomic mass is 16.6. The Morgan fingerprint density at radius 1 is 1.13 bits per heavy atom. The molecule has 0 radical (unpaired) electrons. The number of aryl methyl sites for hydroxylation is 2. The SMILES string of the molecule is COc1ccc2c3c1O[C@@H]1C34CCN(CC3CC3)[C@H](C2)[C@]42CC[C@@]1(OC)[C@@H](COCc1c(C)noc1C)C2. The fraction of sp³-hybridized carbons (Fsp3) is 0.710. The molecule has 7 nitrogen and oxygen atoms in total. The topological polar surface area (TPSA) is 66.2 Å². The molecule has 1 aromatic heterocycles. The molecular formula is C31H40N2O5. The largest absolute Gasteiger partial charge is 0.493 e. The van der Waals surface area contributed by atoms with Gasteiger partial charge in [-0.25, -0.2) is 0 Å². The summed E-state index contributed by atoms with van der Waals surface area (Å²) >= 11 is 0. The Morgan fingerprint density at radius 2 is 2.00 bits per heavy atom. The molecule has 38 heavy (non-hydrogen) atoms. The Kier molecular flexibility index (Phi) is 4.99. The number of hydrogen-bond acceptors (Lipinski definition) is 7. The first-order valence-electron chi connectivity index (χ1n) is 14.6. The summed E-state index contributed by atoms with van der Waals surface area (Å²) in [5, 5.41) is 4.12. The van der Waals surface area contributed by atoms with Crippen LogP contribution < -0.4 is 9.47 Å². The standard InChI is InChI=1S/C31H40N2O5/c1-18-23(19(2)38-32-18)17-36-16-22-14-29-9-10-31(22,35-4)28-30(29)11-12-33(15-20-5-6-20)25(29)13-21-7-8-24(34-3)27(37-28)26(21)30/h7-8,20,22,25,28H,5-6,9-17H2,1-4H3/t22-,25-,28-,29-,30?,31-/m1/s1. The second-order valence-corrected chi connectivity index (χ2v) is 13.0. The second-order valence-electron chi connectivity index (χ2n) is 13.0. The van der Waals surface area contributed by atoms with Crippen molar-refractivity contribution in [3.05, 3.63) is 40.3 Å². The Bertz CT molecular complexity index is 1270. The van der Waals surface area contributed by atoms with Gasteiger partial charge in [0.25, 0.3) is 0 Å². The molecule has 7 heteroatoms. The van der Waals surface area contributed by atoms with Crippen LogP contribution >= 0.6 is 0 Å². The molecule has 0 N–H and O–H groups in total. The molecule has 3 heterocycles. The highest BCUT2D eigenvalue weighted by Crippen LogP contribution is 2.76. The quantitative estimate of drug-likeness (QED) is 0.498. The number of hydrogen-bond donors (Lipinski definition) is 0. The lowest BCUT2D eigenvalue weighted by atomic mass is 9.35. The number of ether oxygens (including phenoxy) is 4. The van der Waals surface area contributed by atoms with Gasteiger partial charge in [0.1, 0.15) is 17.5 Å². The van der Waals surface area contributed by atoms with E-state index in [9.17, 15) is 0 Å². The molecule has 1 aromatic carbocycles. The molecule has 9 rings (SSSR count). The summed E-state index contributed by atoms with van der Waals surface area (Å²) in [5.74, 6) is 3.87. The average Bonchev–Trinajstić information content (AvgIpc) is 3.59. The maximum absolute atomic E-state index is 7.12. The maximum atomic E-state index is 7.12. The van der Waals surface area contributed by atoms with Crippen molar-refractivity contribution in [2.45, 2.75) is 88.6 Å². The zero-order valence-corrected chi connectivity index (χ0v) is 23.2. The number of rotatable bonds is 8. The molecule has 4 saturated carbocycles. The fourth-order valence-corrected chi connectivity index (χ4v) is 9.91. The van der Waals surface area contributed by atoms with Gasteiger partial charge in [0.05, 0.1) is 26.0 Å². The van der Waals surface area contributed by atoms with E-state index in [-0.39, 0.29) is 28.5 Å². The van der Waals surface area contributed by atoms with Crippen molar-refractivity contribution in [3.8, 4) is 11.5 Å². The van der Waals surface area contributed by atoms with Crippen LogP contribution in [-0.2, 0) is 27.9 Å².